The third-order valence-corrected chi connectivity index (χ3v) is 3.95. The number of anilines is 1. The second kappa shape index (κ2) is 6.39. The molecule has 0 saturated heterocycles. The second-order valence-electron chi connectivity index (χ2n) is 4.10. The number of aliphatic hydroxyl groups is 1. The van der Waals surface area contributed by atoms with Crippen LogP contribution < -0.4 is 4.72 Å². The molecule has 0 bridgehead atoms. The molecule has 0 atom stereocenters. The van der Waals surface area contributed by atoms with E-state index >= 15 is 0 Å². The van der Waals surface area contributed by atoms with E-state index in [2.05, 4.69) is 16.6 Å². The van der Waals surface area contributed by atoms with Gasteiger partial charge in [-0.1, -0.05) is 17.9 Å². The summed E-state index contributed by atoms with van der Waals surface area (Å²) in [5, 5.41) is 8.64. The van der Waals surface area contributed by atoms with E-state index in [1.807, 2.05) is 0 Å². The van der Waals surface area contributed by atoms with Crippen molar-refractivity contribution in [1.82, 2.24) is 0 Å². The molecule has 0 heterocycles. The van der Waals surface area contributed by atoms with Gasteiger partial charge < -0.3 is 5.11 Å². The Morgan fingerprint density at radius 1 is 1.14 bits per heavy atom. The maximum atomic E-state index is 12.8. The molecular weight excluding hydrogens is 293 g/mol. The molecule has 6 heteroatoms. The summed E-state index contributed by atoms with van der Waals surface area (Å²) in [5.74, 6) is 4.66. The topological polar surface area (TPSA) is 66.4 Å². The normalized spacial score (nSPS) is 10.6. The summed E-state index contributed by atoms with van der Waals surface area (Å²) in [4.78, 5) is -0.0317. The average Bonchev–Trinajstić information content (AvgIpc) is 2.45. The van der Waals surface area contributed by atoms with Gasteiger partial charge in [-0.05, 0) is 42.5 Å². The van der Waals surface area contributed by atoms with Crippen LogP contribution in [0.15, 0.2) is 53.4 Å². The standard InChI is InChI=1S/C15H12FNO3S/c16-13-6-8-15(9-7-13)21(19,20)17-14-5-1-3-12(11-14)4-2-10-18/h1,3,5-9,11,17-18H,10H2. The minimum Gasteiger partial charge on any atom is -0.384 e. The van der Waals surface area contributed by atoms with E-state index in [4.69, 9.17) is 5.11 Å². The zero-order chi connectivity index (χ0) is 15.3. The van der Waals surface area contributed by atoms with Gasteiger partial charge in [-0.25, -0.2) is 12.8 Å². The predicted octanol–water partition coefficient (Wildman–Crippen LogP) is 1.97. The molecule has 0 aliphatic carbocycles. The van der Waals surface area contributed by atoms with Gasteiger partial charge in [0, 0.05) is 5.56 Å². The van der Waals surface area contributed by atoms with Crippen LogP contribution in [0.25, 0.3) is 0 Å². The van der Waals surface area contributed by atoms with Crippen LogP contribution in [0.1, 0.15) is 5.56 Å². The molecule has 0 fully saturated rings. The van der Waals surface area contributed by atoms with Gasteiger partial charge in [-0.2, -0.15) is 0 Å². The molecule has 108 valence electrons. The molecule has 0 radical (unpaired) electrons. The Morgan fingerprint density at radius 3 is 2.52 bits per heavy atom. The van der Waals surface area contributed by atoms with Gasteiger partial charge in [-0.15, -0.1) is 0 Å². The number of nitrogens with one attached hydrogen (secondary N) is 1. The fraction of sp³-hybridized carbons (Fsp3) is 0.0667. The van der Waals surface area contributed by atoms with Crippen LogP contribution in [0, 0.1) is 17.7 Å². The van der Waals surface area contributed by atoms with E-state index in [0.717, 1.165) is 12.1 Å². The first kappa shape index (κ1) is 15.0. The van der Waals surface area contributed by atoms with Gasteiger partial charge in [-0.3, -0.25) is 4.72 Å². The lowest BCUT2D eigenvalue weighted by molar-refractivity contribution is 0.350. The third kappa shape index (κ3) is 4.05. The van der Waals surface area contributed by atoms with Crippen molar-refractivity contribution >= 4 is 15.7 Å². The van der Waals surface area contributed by atoms with Crippen LogP contribution in [0.3, 0.4) is 0 Å². The molecule has 21 heavy (non-hydrogen) atoms. The molecule has 0 aliphatic heterocycles. The minimum absolute atomic E-state index is 0.0317. The lowest BCUT2D eigenvalue weighted by Crippen LogP contribution is -2.12. The molecule has 0 aliphatic rings. The molecule has 0 aromatic heterocycles. The fourth-order valence-electron chi connectivity index (χ4n) is 1.63. The summed E-state index contributed by atoms with van der Waals surface area (Å²) < 4.78 is 39.5. The Hall–Kier alpha value is -2.36. The van der Waals surface area contributed by atoms with Gasteiger partial charge in [0.1, 0.15) is 12.4 Å². The molecule has 0 amide bonds. The largest absolute Gasteiger partial charge is 0.384 e. The lowest BCUT2D eigenvalue weighted by Gasteiger charge is -2.08. The van der Waals surface area contributed by atoms with E-state index in [-0.39, 0.29) is 11.5 Å². The van der Waals surface area contributed by atoms with Gasteiger partial charge in [0.15, 0.2) is 0 Å². The number of hydrogen-bond donors (Lipinski definition) is 2. The Bertz CT molecular complexity index is 790. The average molecular weight is 305 g/mol. The van der Waals surface area contributed by atoms with Crippen LogP contribution in [0.2, 0.25) is 0 Å². The predicted molar refractivity (Wildman–Crippen MR) is 77.6 cm³/mol. The number of halogens is 1. The van der Waals surface area contributed by atoms with Gasteiger partial charge in [0.2, 0.25) is 0 Å². The summed E-state index contributed by atoms with van der Waals surface area (Å²) in [6.45, 7) is -0.272. The highest BCUT2D eigenvalue weighted by Gasteiger charge is 2.14. The summed E-state index contributed by atoms with van der Waals surface area (Å²) in [6.07, 6.45) is 0. The van der Waals surface area contributed by atoms with Crippen molar-refractivity contribution in [1.29, 1.82) is 0 Å². The van der Waals surface area contributed by atoms with Crippen molar-refractivity contribution in [3.05, 3.63) is 59.9 Å². The number of rotatable bonds is 3. The van der Waals surface area contributed by atoms with Crippen LogP contribution in [-0.2, 0) is 10.0 Å². The van der Waals surface area contributed by atoms with E-state index in [0.29, 0.717) is 11.3 Å². The van der Waals surface area contributed by atoms with Crippen molar-refractivity contribution in [3.8, 4) is 11.8 Å². The molecule has 2 rings (SSSR count). The molecule has 2 aromatic rings. The highest BCUT2D eigenvalue weighted by atomic mass is 32.2. The summed E-state index contributed by atoms with van der Waals surface area (Å²) in [5.41, 5.74) is 0.910. The number of benzene rings is 2. The lowest BCUT2D eigenvalue weighted by atomic mass is 10.2. The third-order valence-electron chi connectivity index (χ3n) is 2.55. The maximum Gasteiger partial charge on any atom is 0.261 e. The van der Waals surface area contributed by atoms with Gasteiger partial charge >= 0.3 is 0 Å². The van der Waals surface area contributed by atoms with E-state index < -0.39 is 15.8 Å². The monoisotopic (exact) mass is 305 g/mol. The van der Waals surface area contributed by atoms with Crippen molar-refractivity contribution in [3.63, 3.8) is 0 Å². The quantitative estimate of drug-likeness (QED) is 0.852. The second-order valence-corrected chi connectivity index (χ2v) is 5.78. The zero-order valence-electron chi connectivity index (χ0n) is 10.9. The molecule has 2 N–H and O–H groups in total. The molecule has 0 spiro atoms. The maximum absolute atomic E-state index is 12.8. The first-order valence-corrected chi connectivity index (χ1v) is 7.48. The Morgan fingerprint density at radius 2 is 1.86 bits per heavy atom. The van der Waals surface area contributed by atoms with E-state index in [1.54, 1.807) is 24.3 Å². The van der Waals surface area contributed by atoms with Crippen molar-refractivity contribution in [2.75, 3.05) is 11.3 Å². The Balaban J connectivity index is 2.26. The summed E-state index contributed by atoms with van der Waals surface area (Å²) in [7, 11) is -3.78. The van der Waals surface area contributed by atoms with E-state index in [1.165, 1.54) is 12.1 Å². The number of sulfonamides is 1. The van der Waals surface area contributed by atoms with Gasteiger partial charge in [0.05, 0.1) is 10.6 Å². The molecule has 4 nitrogen and oxygen atoms in total. The smallest absolute Gasteiger partial charge is 0.261 e. The fourth-order valence-corrected chi connectivity index (χ4v) is 2.68. The minimum atomic E-state index is -3.78. The van der Waals surface area contributed by atoms with Crippen molar-refractivity contribution in [2.24, 2.45) is 0 Å². The highest BCUT2D eigenvalue weighted by Crippen LogP contribution is 2.17. The van der Waals surface area contributed by atoms with Crippen LogP contribution >= 0.6 is 0 Å². The van der Waals surface area contributed by atoms with Crippen LogP contribution in [-0.4, -0.2) is 20.1 Å². The van der Waals surface area contributed by atoms with Crippen molar-refractivity contribution < 1.29 is 17.9 Å². The number of hydrogen-bond acceptors (Lipinski definition) is 3. The van der Waals surface area contributed by atoms with Gasteiger partial charge in [0.25, 0.3) is 10.0 Å². The zero-order valence-corrected chi connectivity index (χ0v) is 11.7. The Kier molecular flexibility index (Phi) is 4.58. The SMILES string of the molecule is O=S(=O)(Nc1cccc(C#CCO)c1)c1ccc(F)cc1. The Labute approximate surface area is 122 Å². The highest BCUT2D eigenvalue weighted by molar-refractivity contribution is 7.92. The number of aliphatic hydroxyl groups excluding tert-OH is 1. The van der Waals surface area contributed by atoms with Crippen LogP contribution in [0.4, 0.5) is 10.1 Å². The molecule has 0 unspecified atom stereocenters. The molecule has 0 saturated carbocycles. The molecular formula is C15H12FNO3S. The van der Waals surface area contributed by atoms with E-state index in [9.17, 15) is 12.8 Å². The van der Waals surface area contributed by atoms with Crippen LogP contribution in [0.5, 0.6) is 0 Å². The summed E-state index contributed by atoms with van der Waals surface area (Å²) >= 11 is 0. The first-order valence-electron chi connectivity index (χ1n) is 5.99. The first-order chi connectivity index (χ1) is 10.0. The molecule has 2 aromatic carbocycles. The summed E-state index contributed by atoms with van der Waals surface area (Å²) in [6, 6.07) is 11.0. The van der Waals surface area contributed by atoms with Crippen molar-refractivity contribution in [2.45, 2.75) is 4.90 Å².